The molecule has 0 aromatic heterocycles. The first-order valence-corrected chi connectivity index (χ1v) is 9.83. The number of aliphatic carboxylic acids is 1. The summed E-state index contributed by atoms with van der Waals surface area (Å²) in [6, 6.07) is 18.1. The Morgan fingerprint density at radius 2 is 1.62 bits per heavy atom. The standard InChI is InChI=1S/C23H24N2O4/c1-14(2)23(22(28)29)18-17(19(24-23)16-11-7-4-8-12-16)20(26)25(21(18)27)13-15-9-5-3-6-10-15/h3-12,14,17-19,24H,13H2,1-2H3,(H,28,29). The Bertz CT molecular complexity index is 944. The van der Waals surface area contributed by atoms with Crippen molar-refractivity contribution in [2.45, 2.75) is 32.0 Å². The number of likely N-dealkylation sites (tertiary alicyclic amines) is 1. The number of nitrogens with one attached hydrogen (secondary N) is 1. The Hall–Kier alpha value is -2.99. The van der Waals surface area contributed by atoms with Gasteiger partial charge in [0.2, 0.25) is 11.8 Å². The molecule has 0 bridgehead atoms. The normalized spacial score (nSPS) is 28.8. The van der Waals surface area contributed by atoms with Crippen molar-refractivity contribution in [3.63, 3.8) is 0 Å². The number of carbonyl (C=O) groups excluding carboxylic acids is 2. The van der Waals surface area contributed by atoms with E-state index in [0.717, 1.165) is 11.1 Å². The molecule has 2 amide bonds. The van der Waals surface area contributed by atoms with Gasteiger partial charge >= 0.3 is 5.97 Å². The highest BCUT2D eigenvalue weighted by Crippen LogP contribution is 2.51. The Labute approximate surface area is 169 Å². The van der Waals surface area contributed by atoms with E-state index in [-0.39, 0.29) is 18.4 Å². The Morgan fingerprint density at radius 3 is 2.17 bits per heavy atom. The maximum absolute atomic E-state index is 13.4. The highest BCUT2D eigenvalue weighted by Gasteiger charge is 2.69. The van der Waals surface area contributed by atoms with Crippen molar-refractivity contribution in [3.8, 4) is 0 Å². The first-order valence-electron chi connectivity index (χ1n) is 9.83. The lowest BCUT2D eigenvalue weighted by Crippen LogP contribution is -2.59. The summed E-state index contributed by atoms with van der Waals surface area (Å²) in [7, 11) is 0. The zero-order valence-electron chi connectivity index (χ0n) is 16.4. The second-order valence-electron chi connectivity index (χ2n) is 8.11. The Balaban J connectivity index is 1.80. The molecule has 2 heterocycles. The number of nitrogens with zero attached hydrogens (tertiary/aromatic N) is 1. The fourth-order valence-corrected chi connectivity index (χ4v) is 4.84. The SMILES string of the molecule is CC(C)C1(C(=O)O)NC(c2ccccc2)C2C(=O)N(Cc3ccccc3)C(=O)C21. The number of imide groups is 1. The van der Waals surface area contributed by atoms with Gasteiger partial charge < -0.3 is 5.11 Å². The molecule has 29 heavy (non-hydrogen) atoms. The van der Waals surface area contributed by atoms with Crippen LogP contribution in [0.15, 0.2) is 60.7 Å². The predicted molar refractivity (Wildman–Crippen MR) is 107 cm³/mol. The second kappa shape index (κ2) is 7.12. The Morgan fingerprint density at radius 1 is 1.03 bits per heavy atom. The van der Waals surface area contributed by atoms with Crippen LogP contribution in [0.5, 0.6) is 0 Å². The number of carbonyl (C=O) groups is 3. The molecule has 2 aromatic rings. The summed E-state index contributed by atoms with van der Waals surface area (Å²) in [5, 5.41) is 13.4. The lowest BCUT2D eigenvalue weighted by molar-refractivity contribution is -0.153. The molecule has 2 N–H and O–H groups in total. The van der Waals surface area contributed by atoms with Crippen LogP contribution in [0.2, 0.25) is 0 Å². The third-order valence-electron chi connectivity index (χ3n) is 6.29. The summed E-state index contributed by atoms with van der Waals surface area (Å²) < 4.78 is 0. The summed E-state index contributed by atoms with van der Waals surface area (Å²) in [5.74, 6) is -3.88. The van der Waals surface area contributed by atoms with Crippen LogP contribution in [0, 0.1) is 17.8 Å². The van der Waals surface area contributed by atoms with E-state index in [1.165, 1.54) is 4.90 Å². The molecule has 2 aliphatic rings. The van der Waals surface area contributed by atoms with E-state index in [2.05, 4.69) is 5.32 Å². The molecule has 0 saturated carbocycles. The zero-order chi connectivity index (χ0) is 20.8. The van der Waals surface area contributed by atoms with Gasteiger partial charge in [0, 0.05) is 6.04 Å². The number of hydrogen-bond donors (Lipinski definition) is 2. The molecular formula is C23H24N2O4. The summed E-state index contributed by atoms with van der Waals surface area (Å²) in [4.78, 5) is 40.5. The van der Waals surface area contributed by atoms with Crippen LogP contribution in [-0.2, 0) is 20.9 Å². The van der Waals surface area contributed by atoms with E-state index in [1.807, 2.05) is 60.7 Å². The number of hydrogen-bond acceptors (Lipinski definition) is 4. The van der Waals surface area contributed by atoms with Crippen LogP contribution in [0.1, 0.15) is 31.0 Å². The van der Waals surface area contributed by atoms with E-state index in [0.29, 0.717) is 0 Å². The van der Waals surface area contributed by atoms with E-state index in [9.17, 15) is 19.5 Å². The van der Waals surface area contributed by atoms with Gasteiger partial charge in [-0.15, -0.1) is 0 Å². The van der Waals surface area contributed by atoms with Crippen LogP contribution in [0.3, 0.4) is 0 Å². The fourth-order valence-electron chi connectivity index (χ4n) is 4.84. The van der Waals surface area contributed by atoms with Crippen molar-refractivity contribution < 1.29 is 19.5 Å². The second-order valence-corrected chi connectivity index (χ2v) is 8.11. The topological polar surface area (TPSA) is 86.7 Å². The maximum atomic E-state index is 13.4. The fraction of sp³-hybridized carbons (Fsp3) is 0.348. The quantitative estimate of drug-likeness (QED) is 0.764. The minimum absolute atomic E-state index is 0.154. The first-order chi connectivity index (χ1) is 13.9. The molecule has 6 heteroatoms. The average molecular weight is 392 g/mol. The van der Waals surface area contributed by atoms with Gasteiger partial charge in [0.1, 0.15) is 5.54 Å². The van der Waals surface area contributed by atoms with E-state index < -0.39 is 35.3 Å². The molecule has 0 radical (unpaired) electrons. The summed E-state index contributed by atoms with van der Waals surface area (Å²) >= 11 is 0. The molecular weight excluding hydrogens is 368 g/mol. The lowest BCUT2D eigenvalue weighted by Gasteiger charge is -2.34. The third-order valence-corrected chi connectivity index (χ3v) is 6.29. The zero-order valence-corrected chi connectivity index (χ0v) is 16.4. The van der Waals surface area contributed by atoms with E-state index in [1.54, 1.807) is 13.8 Å². The minimum atomic E-state index is -1.50. The van der Waals surface area contributed by atoms with Crippen LogP contribution in [0.25, 0.3) is 0 Å². The summed E-state index contributed by atoms with van der Waals surface area (Å²) in [6.45, 7) is 3.72. The molecule has 0 spiro atoms. The average Bonchev–Trinajstić information content (AvgIpc) is 3.20. The molecule has 150 valence electrons. The van der Waals surface area contributed by atoms with E-state index in [4.69, 9.17) is 0 Å². The number of carboxylic acid groups (broad SMARTS) is 1. The molecule has 2 fully saturated rings. The maximum Gasteiger partial charge on any atom is 0.325 e. The third kappa shape index (κ3) is 2.86. The molecule has 4 atom stereocenters. The largest absolute Gasteiger partial charge is 0.480 e. The summed E-state index contributed by atoms with van der Waals surface area (Å²) in [5.41, 5.74) is 0.154. The highest BCUT2D eigenvalue weighted by molar-refractivity contribution is 6.09. The van der Waals surface area contributed by atoms with Crippen LogP contribution < -0.4 is 5.32 Å². The monoisotopic (exact) mass is 392 g/mol. The number of rotatable bonds is 5. The van der Waals surface area contributed by atoms with Gasteiger partial charge in [-0.2, -0.15) is 0 Å². The molecule has 2 aromatic carbocycles. The summed E-state index contributed by atoms with van der Waals surface area (Å²) in [6.07, 6.45) is 0. The molecule has 6 nitrogen and oxygen atoms in total. The Kier molecular flexibility index (Phi) is 4.74. The first kappa shape index (κ1) is 19.3. The van der Waals surface area contributed by atoms with Crippen molar-refractivity contribution in [3.05, 3.63) is 71.8 Å². The molecule has 2 saturated heterocycles. The van der Waals surface area contributed by atoms with Gasteiger partial charge in [0.25, 0.3) is 0 Å². The van der Waals surface area contributed by atoms with Crippen molar-refractivity contribution in [1.29, 1.82) is 0 Å². The van der Waals surface area contributed by atoms with Crippen molar-refractivity contribution >= 4 is 17.8 Å². The van der Waals surface area contributed by atoms with Gasteiger partial charge in [0.05, 0.1) is 18.4 Å². The van der Waals surface area contributed by atoms with Crippen molar-refractivity contribution in [2.24, 2.45) is 17.8 Å². The molecule has 4 unspecified atom stereocenters. The van der Waals surface area contributed by atoms with Gasteiger partial charge in [-0.05, 0) is 17.0 Å². The molecule has 0 aliphatic carbocycles. The lowest BCUT2D eigenvalue weighted by atomic mass is 9.73. The van der Waals surface area contributed by atoms with Crippen LogP contribution in [0.4, 0.5) is 0 Å². The van der Waals surface area contributed by atoms with E-state index >= 15 is 0 Å². The van der Waals surface area contributed by atoms with Gasteiger partial charge in [-0.25, -0.2) is 0 Å². The molecule has 2 aliphatic heterocycles. The van der Waals surface area contributed by atoms with Crippen molar-refractivity contribution in [1.82, 2.24) is 10.2 Å². The molecule has 4 rings (SSSR count). The van der Waals surface area contributed by atoms with Gasteiger partial charge in [-0.1, -0.05) is 74.5 Å². The van der Waals surface area contributed by atoms with Gasteiger partial charge in [0.15, 0.2) is 0 Å². The number of fused-ring (bicyclic) bond motifs is 1. The number of benzene rings is 2. The van der Waals surface area contributed by atoms with Crippen LogP contribution in [-0.4, -0.2) is 33.3 Å². The number of carboxylic acids is 1. The van der Waals surface area contributed by atoms with Crippen LogP contribution >= 0.6 is 0 Å². The minimum Gasteiger partial charge on any atom is -0.480 e. The van der Waals surface area contributed by atoms with Crippen molar-refractivity contribution in [2.75, 3.05) is 0 Å². The predicted octanol–water partition coefficient (Wildman–Crippen LogP) is 2.61. The highest BCUT2D eigenvalue weighted by atomic mass is 16.4. The smallest absolute Gasteiger partial charge is 0.325 e. The van der Waals surface area contributed by atoms with Gasteiger partial charge in [-0.3, -0.25) is 24.6 Å². The number of amides is 2.